The molecule has 3 nitrogen and oxygen atoms in total. The van der Waals surface area contributed by atoms with Crippen molar-refractivity contribution >= 4 is 0 Å². The Hall–Kier alpha value is -2.52. The van der Waals surface area contributed by atoms with Crippen LogP contribution in [0, 0.1) is 0 Å². The Morgan fingerprint density at radius 1 is 0.560 bits per heavy atom. The fourth-order valence-corrected chi connectivity index (χ4v) is 2.90. The first-order chi connectivity index (χ1) is 12.4. The molecule has 0 spiro atoms. The predicted octanol–water partition coefficient (Wildman–Crippen LogP) is 3.81. The number of benzene rings is 1. The average Bonchev–Trinajstić information content (AvgIpc) is 2.70. The van der Waals surface area contributed by atoms with E-state index < -0.39 is 0 Å². The van der Waals surface area contributed by atoms with Gasteiger partial charge in [-0.3, -0.25) is 9.97 Å². The van der Waals surface area contributed by atoms with Gasteiger partial charge in [0.15, 0.2) is 0 Å². The lowest BCUT2D eigenvalue weighted by Crippen LogP contribution is -2.31. The summed E-state index contributed by atoms with van der Waals surface area (Å²) in [6, 6.07) is 23.0. The molecule has 0 radical (unpaired) electrons. The van der Waals surface area contributed by atoms with Gasteiger partial charge in [-0.05, 0) is 36.2 Å². The molecule has 128 valence electrons. The molecule has 0 saturated carbocycles. The van der Waals surface area contributed by atoms with Crippen LogP contribution in [0.4, 0.5) is 0 Å². The molecular weight excluding hydrogens is 306 g/mol. The summed E-state index contributed by atoms with van der Waals surface area (Å²) in [5, 5.41) is 0. The van der Waals surface area contributed by atoms with Crippen molar-refractivity contribution in [3.05, 3.63) is 96.1 Å². The molecule has 0 atom stereocenters. The van der Waals surface area contributed by atoms with E-state index in [9.17, 15) is 0 Å². The van der Waals surface area contributed by atoms with Crippen molar-refractivity contribution < 1.29 is 0 Å². The third-order valence-electron chi connectivity index (χ3n) is 4.38. The number of pyridine rings is 2. The Bertz CT molecular complexity index is 611. The predicted molar refractivity (Wildman–Crippen MR) is 102 cm³/mol. The summed E-state index contributed by atoms with van der Waals surface area (Å²) in [5.74, 6) is 0. The molecule has 0 aliphatic heterocycles. The maximum Gasteiger partial charge on any atom is 0.0416 e. The molecule has 0 unspecified atom stereocenters. The molecule has 3 heteroatoms. The van der Waals surface area contributed by atoms with E-state index in [2.05, 4.69) is 69.5 Å². The number of hydrogen-bond acceptors (Lipinski definition) is 3. The van der Waals surface area contributed by atoms with Crippen molar-refractivity contribution in [3.63, 3.8) is 0 Å². The van der Waals surface area contributed by atoms with Crippen LogP contribution in [0.15, 0.2) is 79.1 Å². The normalized spacial score (nSPS) is 10.9. The molecule has 2 heterocycles. The van der Waals surface area contributed by atoms with Gasteiger partial charge in [-0.15, -0.1) is 0 Å². The molecule has 25 heavy (non-hydrogen) atoms. The van der Waals surface area contributed by atoms with Crippen LogP contribution >= 0.6 is 0 Å². The zero-order chi connectivity index (χ0) is 17.2. The summed E-state index contributed by atoms with van der Waals surface area (Å²) >= 11 is 0. The van der Waals surface area contributed by atoms with Crippen LogP contribution in [-0.2, 0) is 19.3 Å². The highest BCUT2D eigenvalue weighted by Gasteiger charge is 2.07. The van der Waals surface area contributed by atoms with Gasteiger partial charge in [0.25, 0.3) is 0 Å². The Kier molecular flexibility index (Phi) is 6.71. The van der Waals surface area contributed by atoms with Gasteiger partial charge in [0.1, 0.15) is 0 Å². The highest BCUT2D eigenvalue weighted by atomic mass is 15.1. The summed E-state index contributed by atoms with van der Waals surface area (Å²) in [7, 11) is 0. The van der Waals surface area contributed by atoms with E-state index in [-0.39, 0.29) is 0 Å². The smallest absolute Gasteiger partial charge is 0.0416 e. The largest absolute Gasteiger partial charge is 0.302 e. The Morgan fingerprint density at radius 3 is 1.60 bits per heavy atom. The quantitative estimate of drug-likeness (QED) is 0.597. The highest BCUT2D eigenvalue weighted by Crippen LogP contribution is 2.05. The van der Waals surface area contributed by atoms with Crippen molar-refractivity contribution in [2.75, 3.05) is 19.6 Å². The van der Waals surface area contributed by atoms with Crippen molar-refractivity contribution in [2.45, 2.75) is 19.3 Å². The van der Waals surface area contributed by atoms with Gasteiger partial charge in [0.2, 0.25) is 0 Å². The second-order valence-corrected chi connectivity index (χ2v) is 6.22. The van der Waals surface area contributed by atoms with Crippen molar-refractivity contribution in [1.82, 2.24) is 14.9 Å². The van der Waals surface area contributed by atoms with Crippen molar-refractivity contribution in [2.24, 2.45) is 0 Å². The summed E-state index contributed by atoms with van der Waals surface area (Å²) in [5.41, 5.74) is 3.71. The summed E-state index contributed by atoms with van der Waals surface area (Å²) in [6.45, 7) is 3.11. The maximum absolute atomic E-state index is 4.45. The van der Waals surface area contributed by atoms with Gasteiger partial charge in [-0.25, -0.2) is 0 Å². The third kappa shape index (κ3) is 6.12. The fourth-order valence-electron chi connectivity index (χ4n) is 2.90. The number of rotatable bonds is 9. The van der Waals surface area contributed by atoms with Crippen LogP contribution in [0.1, 0.15) is 17.0 Å². The molecule has 0 aliphatic rings. The Morgan fingerprint density at radius 2 is 1.08 bits per heavy atom. The Balaban J connectivity index is 1.56. The van der Waals surface area contributed by atoms with Crippen LogP contribution in [0.25, 0.3) is 0 Å². The van der Waals surface area contributed by atoms with E-state index in [1.165, 1.54) is 5.56 Å². The van der Waals surface area contributed by atoms with Crippen molar-refractivity contribution in [1.29, 1.82) is 0 Å². The van der Waals surface area contributed by atoms with Gasteiger partial charge in [-0.2, -0.15) is 0 Å². The molecule has 0 fully saturated rings. The van der Waals surface area contributed by atoms with Crippen LogP contribution in [0.3, 0.4) is 0 Å². The lowest BCUT2D eigenvalue weighted by atomic mass is 10.1. The zero-order valence-electron chi connectivity index (χ0n) is 14.6. The third-order valence-corrected chi connectivity index (χ3v) is 4.38. The standard InChI is InChI=1S/C22H25N3/c1-2-8-20(9-3-1)12-17-25(18-13-21-10-4-6-15-23-21)19-14-22-11-5-7-16-24-22/h1-11,15-16H,12-14,17-19H2. The van der Waals surface area contributed by atoms with Gasteiger partial charge < -0.3 is 4.90 Å². The van der Waals surface area contributed by atoms with E-state index in [1.807, 2.05) is 24.5 Å². The van der Waals surface area contributed by atoms with Gasteiger partial charge in [-0.1, -0.05) is 42.5 Å². The van der Waals surface area contributed by atoms with Crippen LogP contribution in [0.2, 0.25) is 0 Å². The van der Waals surface area contributed by atoms with E-state index in [0.717, 1.165) is 50.3 Å². The number of hydrogen-bond donors (Lipinski definition) is 0. The van der Waals surface area contributed by atoms with Gasteiger partial charge in [0, 0.05) is 56.3 Å². The lowest BCUT2D eigenvalue weighted by Gasteiger charge is -2.22. The van der Waals surface area contributed by atoms with E-state index in [4.69, 9.17) is 0 Å². The minimum absolute atomic E-state index is 0.984. The maximum atomic E-state index is 4.45. The molecule has 0 aliphatic carbocycles. The monoisotopic (exact) mass is 331 g/mol. The first-order valence-electron chi connectivity index (χ1n) is 8.96. The van der Waals surface area contributed by atoms with E-state index in [1.54, 1.807) is 0 Å². The molecular formula is C22H25N3. The minimum atomic E-state index is 0.984. The van der Waals surface area contributed by atoms with E-state index in [0.29, 0.717) is 0 Å². The van der Waals surface area contributed by atoms with E-state index >= 15 is 0 Å². The fraction of sp³-hybridized carbons (Fsp3) is 0.273. The molecule has 0 saturated heterocycles. The number of nitrogens with zero attached hydrogens (tertiary/aromatic N) is 3. The first-order valence-corrected chi connectivity index (χ1v) is 8.96. The number of aromatic nitrogens is 2. The summed E-state index contributed by atoms with van der Waals surface area (Å²) < 4.78 is 0. The summed E-state index contributed by atoms with van der Waals surface area (Å²) in [4.78, 5) is 11.4. The first kappa shape index (κ1) is 17.3. The zero-order valence-corrected chi connectivity index (χ0v) is 14.6. The minimum Gasteiger partial charge on any atom is -0.302 e. The second-order valence-electron chi connectivity index (χ2n) is 6.22. The van der Waals surface area contributed by atoms with Crippen molar-refractivity contribution in [3.8, 4) is 0 Å². The molecule has 2 aromatic heterocycles. The topological polar surface area (TPSA) is 29.0 Å². The SMILES string of the molecule is c1ccc(CCN(CCc2ccccn2)CCc2ccccn2)cc1. The van der Waals surface area contributed by atoms with Crippen LogP contribution < -0.4 is 0 Å². The van der Waals surface area contributed by atoms with Crippen LogP contribution in [-0.4, -0.2) is 34.5 Å². The second kappa shape index (κ2) is 9.70. The molecule has 0 N–H and O–H groups in total. The molecule has 0 amide bonds. The van der Waals surface area contributed by atoms with Crippen LogP contribution in [0.5, 0.6) is 0 Å². The highest BCUT2D eigenvalue weighted by molar-refractivity contribution is 5.15. The van der Waals surface area contributed by atoms with Gasteiger partial charge in [0.05, 0.1) is 0 Å². The van der Waals surface area contributed by atoms with Gasteiger partial charge >= 0.3 is 0 Å². The Labute approximate surface area is 150 Å². The molecule has 1 aromatic carbocycles. The molecule has 3 rings (SSSR count). The molecule has 3 aromatic rings. The lowest BCUT2D eigenvalue weighted by molar-refractivity contribution is 0.282. The average molecular weight is 331 g/mol. The molecule has 0 bridgehead atoms. The summed E-state index contributed by atoms with van der Waals surface area (Å²) in [6.07, 6.45) is 6.79.